The zero-order chi connectivity index (χ0) is 13.8. The molecule has 0 aliphatic rings. The predicted octanol–water partition coefficient (Wildman–Crippen LogP) is 4.42. The fourth-order valence-electron chi connectivity index (χ4n) is 1.63. The summed E-state index contributed by atoms with van der Waals surface area (Å²) in [5.74, 6) is -0.668. The summed E-state index contributed by atoms with van der Waals surface area (Å²) in [6.07, 6.45) is 0.237. The number of hydrogen-bond acceptors (Lipinski definition) is 1. The lowest BCUT2D eigenvalue weighted by molar-refractivity contribution is -0.115. The van der Waals surface area contributed by atoms with Gasteiger partial charge in [-0.1, -0.05) is 41.9 Å². The first-order chi connectivity index (χ1) is 9.06. The number of rotatable bonds is 3. The van der Waals surface area contributed by atoms with Crippen molar-refractivity contribution in [3.05, 3.63) is 63.3 Å². The maximum absolute atomic E-state index is 13.1. The van der Waals surface area contributed by atoms with E-state index in [1.54, 1.807) is 0 Å². The molecule has 19 heavy (non-hydrogen) atoms. The summed E-state index contributed by atoms with van der Waals surface area (Å²) in [6.45, 7) is 0. The molecule has 2 aromatic rings. The molecule has 2 rings (SSSR count). The lowest BCUT2D eigenvalue weighted by Crippen LogP contribution is -2.15. The lowest BCUT2D eigenvalue weighted by Gasteiger charge is -2.09. The van der Waals surface area contributed by atoms with E-state index in [2.05, 4.69) is 21.2 Å². The zero-order valence-corrected chi connectivity index (χ0v) is 12.1. The molecule has 0 saturated carbocycles. The third-order valence-corrected chi connectivity index (χ3v) is 3.40. The van der Waals surface area contributed by atoms with Gasteiger partial charge in [0.25, 0.3) is 0 Å². The Kier molecular flexibility index (Phi) is 4.56. The molecule has 0 saturated heterocycles. The molecule has 0 fully saturated rings. The van der Waals surface area contributed by atoms with Crippen LogP contribution in [0.5, 0.6) is 0 Å². The number of benzene rings is 2. The maximum Gasteiger partial charge on any atom is 0.228 e. The molecule has 5 heteroatoms. The first kappa shape index (κ1) is 14.0. The number of carbonyl (C=O) groups excluding carboxylic acids is 1. The topological polar surface area (TPSA) is 29.1 Å². The normalized spacial score (nSPS) is 10.3. The first-order valence-corrected chi connectivity index (χ1v) is 6.71. The summed E-state index contributed by atoms with van der Waals surface area (Å²) < 4.78 is 13.5. The van der Waals surface area contributed by atoms with E-state index in [-0.39, 0.29) is 17.4 Å². The van der Waals surface area contributed by atoms with Crippen LogP contribution < -0.4 is 5.32 Å². The summed E-state index contributed by atoms with van der Waals surface area (Å²) in [4.78, 5) is 11.9. The van der Waals surface area contributed by atoms with Gasteiger partial charge in [0.2, 0.25) is 5.91 Å². The predicted molar refractivity (Wildman–Crippen MR) is 77.9 cm³/mol. The van der Waals surface area contributed by atoms with Crippen LogP contribution >= 0.6 is 27.5 Å². The highest BCUT2D eigenvalue weighted by molar-refractivity contribution is 9.10. The van der Waals surface area contributed by atoms with Crippen molar-refractivity contribution in [2.75, 3.05) is 5.32 Å². The van der Waals surface area contributed by atoms with Gasteiger partial charge in [0.15, 0.2) is 0 Å². The summed E-state index contributed by atoms with van der Waals surface area (Å²) >= 11 is 9.07. The van der Waals surface area contributed by atoms with Crippen LogP contribution in [-0.2, 0) is 11.2 Å². The van der Waals surface area contributed by atoms with Gasteiger partial charge in [0.05, 0.1) is 17.1 Å². The van der Waals surface area contributed by atoms with Gasteiger partial charge in [-0.3, -0.25) is 4.79 Å². The van der Waals surface area contributed by atoms with Gasteiger partial charge in [-0.2, -0.15) is 0 Å². The Balaban J connectivity index is 2.12. The largest absolute Gasteiger partial charge is 0.324 e. The first-order valence-electron chi connectivity index (χ1n) is 5.54. The highest BCUT2D eigenvalue weighted by Crippen LogP contribution is 2.31. The van der Waals surface area contributed by atoms with Crippen LogP contribution in [0.3, 0.4) is 0 Å². The number of hydrogen-bond donors (Lipinski definition) is 1. The molecule has 0 aliphatic carbocycles. The van der Waals surface area contributed by atoms with E-state index in [4.69, 9.17) is 11.6 Å². The van der Waals surface area contributed by atoms with Crippen molar-refractivity contribution in [3.63, 3.8) is 0 Å². The molecule has 0 bridgehead atoms. The summed E-state index contributed by atoms with van der Waals surface area (Å²) in [5.41, 5.74) is 1.28. The highest BCUT2D eigenvalue weighted by atomic mass is 79.9. The van der Waals surface area contributed by atoms with Crippen molar-refractivity contribution < 1.29 is 9.18 Å². The van der Waals surface area contributed by atoms with Crippen LogP contribution in [0.25, 0.3) is 0 Å². The standard InChI is InChI=1S/C14H10BrClFNO/c15-11-7-10(17)8-12(16)14(11)18-13(19)6-9-4-2-1-3-5-9/h1-5,7-8H,6H2,(H,18,19). The van der Waals surface area contributed by atoms with E-state index < -0.39 is 5.82 Å². The van der Waals surface area contributed by atoms with Crippen molar-refractivity contribution in [3.8, 4) is 0 Å². The number of anilines is 1. The molecule has 0 unspecified atom stereocenters. The van der Waals surface area contributed by atoms with Crippen molar-refractivity contribution >= 4 is 39.1 Å². The van der Waals surface area contributed by atoms with E-state index >= 15 is 0 Å². The van der Waals surface area contributed by atoms with E-state index in [0.29, 0.717) is 10.2 Å². The average Bonchev–Trinajstić information content (AvgIpc) is 2.35. The minimum Gasteiger partial charge on any atom is -0.324 e. The fourth-order valence-corrected chi connectivity index (χ4v) is 2.53. The van der Waals surface area contributed by atoms with Crippen LogP contribution in [0.15, 0.2) is 46.9 Å². The van der Waals surface area contributed by atoms with Crippen LogP contribution in [0.1, 0.15) is 5.56 Å². The Morgan fingerprint density at radius 3 is 2.58 bits per heavy atom. The van der Waals surface area contributed by atoms with Gasteiger partial charge in [-0.05, 0) is 33.6 Å². The molecular formula is C14H10BrClFNO. The van der Waals surface area contributed by atoms with Crippen LogP contribution in [0, 0.1) is 5.82 Å². The number of amides is 1. The second kappa shape index (κ2) is 6.17. The van der Waals surface area contributed by atoms with Crippen molar-refractivity contribution in [1.29, 1.82) is 0 Å². The third kappa shape index (κ3) is 3.78. The van der Waals surface area contributed by atoms with Gasteiger partial charge in [0.1, 0.15) is 5.82 Å². The van der Waals surface area contributed by atoms with Crippen LogP contribution in [0.4, 0.5) is 10.1 Å². The SMILES string of the molecule is O=C(Cc1ccccc1)Nc1c(Cl)cc(F)cc1Br. The molecule has 0 heterocycles. The Bertz CT molecular complexity index is 581. The Hall–Kier alpha value is -1.39. The van der Waals surface area contributed by atoms with Gasteiger partial charge < -0.3 is 5.32 Å². The van der Waals surface area contributed by atoms with E-state index in [1.807, 2.05) is 30.3 Å². The average molecular weight is 343 g/mol. The quantitative estimate of drug-likeness (QED) is 0.879. The molecule has 2 aromatic carbocycles. The smallest absolute Gasteiger partial charge is 0.228 e. The van der Waals surface area contributed by atoms with Gasteiger partial charge in [0, 0.05) is 4.47 Å². The van der Waals surface area contributed by atoms with Gasteiger partial charge in [-0.25, -0.2) is 4.39 Å². The zero-order valence-electron chi connectivity index (χ0n) is 9.79. The molecule has 0 radical (unpaired) electrons. The molecular weight excluding hydrogens is 333 g/mol. The minimum atomic E-state index is -0.460. The number of nitrogens with one attached hydrogen (secondary N) is 1. The second-order valence-corrected chi connectivity index (χ2v) is 5.22. The second-order valence-electron chi connectivity index (χ2n) is 3.95. The highest BCUT2D eigenvalue weighted by Gasteiger charge is 2.11. The molecule has 2 nitrogen and oxygen atoms in total. The minimum absolute atomic E-state index is 0.160. The number of halogens is 3. The van der Waals surface area contributed by atoms with E-state index in [1.165, 1.54) is 6.07 Å². The van der Waals surface area contributed by atoms with E-state index in [0.717, 1.165) is 11.6 Å². The Morgan fingerprint density at radius 1 is 1.26 bits per heavy atom. The van der Waals surface area contributed by atoms with Crippen molar-refractivity contribution in [2.24, 2.45) is 0 Å². The fraction of sp³-hybridized carbons (Fsp3) is 0.0714. The maximum atomic E-state index is 13.1. The molecule has 1 amide bonds. The molecule has 0 aromatic heterocycles. The molecule has 0 aliphatic heterocycles. The van der Waals surface area contributed by atoms with Gasteiger partial charge >= 0.3 is 0 Å². The third-order valence-electron chi connectivity index (χ3n) is 2.48. The summed E-state index contributed by atoms with van der Waals surface area (Å²) in [5, 5.41) is 2.83. The molecule has 0 atom stereocenters. The molecule has 98 valence electrons. The Labute approximate surface area is 123 Å². The molecule has 1 N–H and O–H groups in total. The number of carbonyl (C=O) groups is 1. The van der Waals surface area contributed by atoms with Crippen molar-refractivity contribution in [2.45, 2.75) is 6.42 Å². The Morgan fingerprint density at radius 2 is 1.95 bits per heavy atom. The monoisotopic (exact) mass is 341 g/mol. The summed E-state index contributed by atoms with van der Waals surface area (Å²) in [7, 11) is 0. The van der Waals surface area contributed by atoms with Crippen LogP contribution in [-0.4, -0.2) is 5.91 Å². The van der Waals surface area contributed by atoms with Crippen LogP contribution in [0.2, 0.25) is 5.02 Å². The molecule has 0 spiro atoms. The van der Waals surface area contributed by atoms with E-state index in [9.17, 15) is 9.18 Å². The van der Waals surface area contributed by atoms with Crippen molar-refractivity contribution in [1.82, 2.24) is 0 Å². The summed E-state index contributed by atoms with van der Waals surface area (Å²) in [6, 6.07) is 11.7. The van der Waals surface area contributed by atoms with Gasteiger partial charge in [-0.15, -0.1) is 0 Å². The lowest BCUT2D eigenvalue weighted by atomic mass is 10.1.